The highest BCUT2D eigenvalue weighted by atomic mass is 32.2. The molecule has 11 heavy (non-hydrogen) atoms. The lowest BCUT2D eigenvalue weighted by Crippen LogP contribution is -1.86. The van der Waals surface area contributed by atoms with Crippen LogP contribution in [0.25, 0.3) is 0 Å². The van der Waals surface area contributed by atoms with Gasteiger partial charge in [-0.25, -0.2) is 0 Å². The summed E-state index contributed by atoms with van der Waals surface area (Å²) in [4.78, 5) is 0. The van der Waals surface area contributed by atoms with Gasteiger partial charge in [0.25, 0.3) is 0 Å². The molecule has 0 spiro atoms. The van der Waals surface area contributed by atoms with Crippen LogP contribution in [0.2, 0.25) is 0 Å². The summed E-state index contributed by atoms with van der Waals surface area (Å²) < 4.78 is 1.86. The first-order valence-corrected chi connectivity index (χ1v) is 5.19. The number of hydrogen-bond acceptors (Lipinski definition) is 2. The summed E-state index contributed by atoms with van der Waals surface area (Å²) in [5, 5.41) is 4.11. The quantitative estimate of drug-likeness (QED) is 0.640. The molecule has 1 aromatic rings. The van der Waals surface area contributed by atoms with Gasteiger partial charge in [-0.1, -0.05) is 0 Å². The van der Waals surface area contributed by atoms with Gasteiger partial charge in [0.05, 0.1) is 6.20 Å². The van der Waals surface area contributed by atoms with E-state index in [1.54, 1.807) is 0 Å². The molecule has 0 aliphatic rings. The lowest BCUT2D eigenvalue weighted by molar-refractivity contribution is 0.766. The van der Waals surface area contributed by atoms with Gasteiger partial charge in [-0.15, -0.1) is 0 Å². The van der Waals surface area contributed by atoms with Crippen LogP contribution in [0.15, 0.2) is 12.4 Å². The van der Waals surface area contributed by atoms with E-state index in [4.69, 9.17) is 0 Å². The molecule has 0 N–H and O–H groups in total. The molecule has 1 aromatic heterocycles. The minimum atomic E-state index is 1.16. The van der Waals surface area contributed by atoms with Gasteiger partial charge in [0.1, 0.15) is 0 Å². The monoisotopic (exact) mass is 170 g/mol. The van der Waals surface area contributed by atoms with Gasteiger partial charge in [0.2, 0.25) is 0 Å². The first-order chi connectivity index (χ1) is 5.33. The lowest BCUT2D eigenvalue weighted by atomic mass is 10.2. The second kappa shape index (κ2) is 4.44. The van der Waals surface area contributed by atoms with Crippen LogP contribution in [-0.2, 0) is 13.5 Å². The van der Waals surface area contributed by atoms with E-state index < -0.39 is 0 Å². The first kappa shape index (κ1) is 8.65. The van der Waals surface area contributed by atoms with Crippen molar-refractivity contribution in [1.29, 1.82) is 0 Å². The van der Waals surface area contributed by atoms with E-state index >= 15 is 0 Å². The van der Waals surface area contributed by atoms with Crippen LogP contribution in [0.5, 0.6) is 0 Å². The van der Waals surface area contributed by atoms with Gasteiger partial charge in [0.15, 0.2) is 0 Å². The van der Waals surface area contributed by atoms with Gasteiger partial charge in [0, 0.05) is 13.2 Å². The molecule has 0 bridgehead atoms. The minimum absolute atomic E-state index is 1.16. The zero-order valence-corrected chi connectivity index (χ0v) is 7.90. The Labute approximate surface area is 72.0 Å². The van der Waals surface area contributed by atoms with Crippen LogP contribution in [0.4, 0.5) is 0 Å². The molecule has 1 rings (SSSR count). The third-order valence-corrected chi connectivity index (χ3v) is 2.27. The summed E-state index contributed by atoms with van der Waals surface area (Å²) in [6.45, 7) is 0. The van der Waals surface area contributed by atoms with Crippen molar-refractivity contribution in [2.75, 3.05) is 12.0 Å². The fraction of sp³-hybridized carbons (Fsp3) is 0.625. The SMILES string of the molecule is CSCCCc1cnn(C)c1. The molecule has 0 radical (unpaired) electrons. The lowest BCUT2D eigenvalue weighted by Gasteiger charge is -1.93. The maximum atomic E-state index is 4.11. The smallest absolute Gasteiger partial charge is 0.0521 e. The third-order valence-electron chi connectivity index (χ3n) is 1.57. The predicted molar refractivity (Wildman–Crippen MR) is 49.9 cm³/mol. The highest BCUT2D eigenvalue weighted by Crippen LogP contribution is 2.04. The average molecular weight is 170 g/mol. The molecule has 3 heteroatoms. The van der Waals surface area contributed by atoms with Crippen molar-refractivity contribution in [3.05, 3.63) is 18.0 Å². The Kier molecular flexibility index (Phi) is 3.49. The highest BCUT2D eigenvalue weighted by Gasteiger charge is 1.94. The molecule has 0 amide bonds. The van der Waals surface area contributed by atoms with Crippen LogP contribution in [0, 0.1) is 0 Å². The van der Waals surface area contributed by atoms with Crippen molar-refractivity contribution in [2.24, 2.45) is 7.05 Å². The fourth-order valence-corrected chi connectivity index (χ4v) is 1.45. The summed E-state index contributed by atoms with van der Waals surface area (Å²) in [6, 6.07) is 0. The Morgan fingerprint density at radius 1 is 1.64 bits per heavy atom. The van der Waals surface area contributed by atoms with Crippen molar-refractivity contribution in [3.8, 4) is 0 Å². The van der Waals surface area contributed by atoms with E-state index in [9.17, 15) is 0 Å². The number of thioether (sulfide) groups is 1. The number of hydrogen-bond donors (Lipinski definition) is 0. The van der Waals surface area contributed by atoms with E-state index in [0.29, 0.717) is 0 Å². The van der Waals surface area contributed by atoms with Gasteiger partial charge in [-0.3, -0.25) is 4.68 Å². The van der Waals surface area contributed by atoms with Gasteiger partial charge < -0.3 is 0 Å². The Bertz CT molecular complexity index is 208. The Hall–Kier alpha value is -0.440. The van der Waals surface area contributed by atoms with Crippen molar-refractivity contribution in [3.63, 3.8) is 0 Å². The molecule has 2 nitrogen and oxygen atoms in total. The molecule has 0 saturated heterocycles. The second-order valence-electron chi connectivity index (χ2n) is 2.62. The average Bonchev–Trinajstić information content (AvgIpc) is 2.37. The molecule has 0 unspecified atom stereocenters. The molecular formula is C8H14N2S. The molecule has 0 atom stereocenters. The molecule has 0 aromatic carbocycles. The summed E-state index contributed by atoms with van der Waals surface area (Å²) in [5.74, 6) is 1.24. The molecule has 0 saturated carbocycles. The zero-order chi connectivity index (χ0) is 8.10. The van der Waals surface area contributed by atoms with Crippen molar-refractivity contribution >= 4 is 11.8 Å². The largest absolute Gasteiger partial charge is 0.276 e. The van der Waals surface area contributed by atoms with Crippen molar-refractivity contribution in [1.82, 2.24) is 9.78 Å². The Morgan fingerprint density at radius 2 is 2.45 bits per heavy atom. The summed E-state index contributed by atoms with van der Waals surface area (Å²) >= 11 is 1.90. The number of nitrogens with zero attached hydrogens (tertiary/aromatic N) is 2. The first-order valence-electron chi connectivity index (χ1n) is 3.79. The number of aromatic nitrogens is 2. The van der Waals surface area contributed by atoms with E-state index in [1.807, 2.05) is 29.7 Å². The van der Waals surface area contributed by atoms with Crippen molar-refractivity contribution < 1.29 is 0 Å². The molecule has 62 valence electrons. The molecular weight excluding hydrogens is 156 g/mol. The maximum Gasteiger partial charge on any atom is 0.0521 e. The highest BCUT2D eigenvalue weighted by molar-refractivity contribution is 7.98. The maximum absolute atomic E-state index is 4.11. The molecule has 0 fully saturated rings. The van der Waals surface area contributed by atoms with Crippen LogP contribution in [0.1, 0.15) is 12.0 Å². The zero-order valence-electron chi connectivity index (χ0n) is 7.08. The topological polar surface area (TPSA) is 17.8 Å². The van der Waals surface area contributed by atoms with Crippen LogP contribution >= 0.6 is 11.8 Å². The van der Waals surface area contributed by atoms with Crippen molar-refractivity contribution in [2.45, 2.75) is 12.8 Å². The molecule has 1 heterocycles. The Morgan fingerprint density at radius 3 is 3.00 bits per heavy atom. The summed E-state index contributed by atoms with van der Waals surface area (Å²) in [6.07, 6.45) is 8.59. The molecule has 0 aliphatic heterocycles. The number of rotatable bonds is 4. The third kappa shape index (κ3) is 2.97. The summed E-state index contributed by atoms with van der Waals surface area (Å²) in [7, 11) is 1.96. The van der Waals surface area contributed by atoms with E-state index in [1.165, 1.54) is 17.7 Å². The molecule has 0 aliphatic carbocycles. The normalized spacial score (nSPS) is 10.4. The second-order valence-corrected chi connectivity index (χ2v) is 3.60. The van der Waals surface area contributed by atoms with E-state index in [-0.39, 0.29) is 0 Å². The summed E-state index contributed by atoms with van der Waals surface area (Å²) in [5.41, 5.74) is 1.35. The fourth-order valence-electron chi connectivity index (χ4n) is 1.02. The van der Waals surface area contributed by atoms with Gasteiger partial charge >= 0.3 is 0 Å². The Balaban J connectivity index is 2.27. The van der Waals surface area contributed by atoms with E-state index in [2.05, 4.69) is 17.6 Å². The van der Waals surface area contributed by atoms with Crippen LogP contribution in [-0.4, -0.2) is 21.8 Å². The minimum Gasteiger partial charge on any atom is -0.276 e. The standard InChI is InChI=1S/C8H14N2S/c1-10-7-8(6-9-10)4-3-5-11-2/h6-7H,3-5H2,1-2H3. The van der Waals surface area contributed by atoms with Gasteiger partial charge in [-0.05, 0) is 30.4 Å². The van der Waals surface area contributed by atoms with E-state index in [0.717, 1.165) is 6.42 Å². The van der Waals surface area contributed by atoms with Crippen LogP contribution < -0.4 is 0 Å². The number of aryl methyl sites for hydroxylation is 2. The van der Waals surface area contributed by atoms with Crippen LogP contribution in [0.3, 0.4) is 0 Å². The van der Waals surface area contributed by atoms with Gasteiger partial charge in [-0.2, -0.15) is 16.9 Å². The predicted octanol–water partition coefficient (Wildman–Crippen LogP) is 1.72.